The number of allylic oxidation sites excluding steroid dienone is 6. The summed E-state index contributed by atoms with van der Waals surface area (Å²) in [6.45, 7) is 4.22. The van der Waals surface area contributed by atoms with E-state index < -0.39 is 70.6 Å². The van der Waals surface area contributed by atoms with Crippen molar-refractivity contribution in [2.45, 2.75) is 154 Å². The van der Waals surface area contributed by atoms with Crippen LogP contribution < -0.4 is 0 Å². The molecule has 0 spiro atoms. The summed E-state index contributed by atoms with van der Waals surface area (Å²) < 4.78 is 32.4. The molecule has 13 heteroatoms. The van der Waals surface area contributed by atoms with Gasteiger partial charge in [-0.2, -0.15) is 0 Å². The van der Waals surface area contributed by atoms with Crippen LogP contribution in [0, 0.1) is 5.92 Å². The van der Waals surface area contributed by atoms with E-state index in [0.29, 0.717) is 19.3 Å². The Labute approximate surface area is 312 Å². The Bertz CT molecular complexity index is 1060. The minimum absolute atomic E-state index is 0.0652. The zero-order valence-corrected chi connectivity index (χ0v) is 32.8. The van der Waals surface area contributed by atoms with Gasteiger partial charge in [-0.15, -0.1) is 0 Å². The molecule has 0 amide bonds. The molecular formula is C39H69O12P. The summed E-state index contributed by atoms with van der Waals surface area (Å²) in [5.74, 6) is -0.437. The van der Waals surface area contributed by atoms with E-state index in [1.807, 2.05) is 24.3 Å². The van der Waals surface area contributed by atoms with Crippen LogP contribution in [0.3, 0.4) is 0 Å². The number of esters is 2. The van der Waals surface area contributed by atoms with Crippen LogP contribution in [-0.2, 0) is 32.7 Å². The van der Waals surface area contributed by atoms with Gasteiger partial charge < -0.3 is 34.8 Å². The molecule has 302 valence electrons. The molecule has 0 bridgehead atoms. The van der Waals surface area contributed by atoms with Gasteiger partial charge in [-0.25, -0.2) is 4.57 Å². The van der Waals surface area contributed by atoms with Gasteiger partial charge in [-0.1, -0.05) is 134 Å². The first-order chi connectivity index (χ1) is 24.9. The van der Waals surface area contributed by atoms with E-state index in [2.05, 4.69) is 25.3 Å². The van der Waals surface area contributed by atoms with Crippen molar-refractivity contribution in [1.82, 2.24) is 0 Å². The zero-order chi connectivity index (χ0) is 38.9. The fourth-order valence-corrected chi connectivity index (χ4v) is 5.59. The van der Waals surface area contributed by atoms with E-state index >= 15 is 0 Å². The third-order valence-corrected chi connectivity index (χ3v) is 8.82. The molecule has 0 aliphatic heterocycles. The summed E-state index contributed by atoms with van der Waals surface area (Å²) in [7, 11) is -4.68. The topological polar surface area (TPSA) is 189 Å². The lowest BCUT2D eigenvalue weighted by atomic mass is 10.0. The molecule has 5 atom stereocenters. The number of phosphoric ester groups is 1. The average Bonchev–Trinajstić information content (AvgIpc) is 3.10. The van der Waals surface area contributed by atoms with Crippen molar-refractivity contribution in [3.63, 3.8) is 0 Å². The predicted molar refractivity (Wildman–Crippen MR) is 203 cm³/mol. The van der Waals surface area contributed by atoms with E-state index in [1.165, 1.54) is 25.7 Å². The highest BCUT2D eigenvalue weighted by molar-refractivity contribution is 7.47. The van der Waals surface area contributed by atoms with Crippen LogP contribution in [-0.4, -0.2) is 88.1 Å². The molecule has 0 radical (unpaired) electrons. The summed E-state index contributed by atoms with van der Waals surface area (Å²) in [4.78, 5) is 34.8. The molecule has 0 heterocycles. The Hall–Kier alpha value is -2.15. The number of ether oxygens (including phenoxy) is 2. The number of carbonyl (C=O) groups excluding carboxylic acids is 2. The Morgan fingerprint density at radius 3 is 1.81 bits per heavy atom. The van der Waals surface area contributed by atoms with Crippen LogP contribution in [0.25, 0.3) is 0 Å². The smallest absolute Gasteiger partial charge is 0.462 e. The Morgan fingerprint density at radius 2 is 1.21 bits per heavy atom. The zero-order valence-electron chi connectivity index (χ0n) is 31.9. The molecule has 0 aliphatic carbocycles. The van der Waals surface area contributed by atoms with Crippen LogP contribution in [0.4, 0.5) is 0 Å². The number of hydrogen-bond donors (Lipinski definition) is 5. The van der Waals surface area contributed by atoms with Gasteiger partial charge in [-0.05, 0) is 38.0 Å². The lowest BCUT2D eigenvalue weighted by Gasteiger charge is -2.20. The molecule has 0 saturated carbocycles. The number of carbonyl (C=O) groups is 2. The molecule has 0 rings (SSSR count). The molecule has 5 N–H and O–H groups in total. The van der Waals surface area contributed by atoms with Gasteiger partial charge in [0.1, 0.15) is 12.7 Å². The second kappa shape index (κ2) is 33.4. The van der Waals surface area contributed by atoms with Crippen LogP contribution in [0.2, 0.25) is 0 Å². The largest absolute Gasteiger partial charge is 0.472 e. The van der Waals surface area contributed by atoms with E-state index in [-0.39, 0.29) is 19.3 Å². The van der Waals surface area contributed by atoms with Crippen molar-refractivity contribution in [3.8, 4) is 0 Å². The first-order valence-corrected chi connectivity index (χ1v) is 20.7. The molecule has 1 unspecified atom stereocenters. The second-order valence-electron chi connectivity index (χ2n) is 13.5. The van der Waals surface area contributed by atoms with Crippen molar-refractivity contribution >= 4 is 19.8 Å². The molecular weight excluding hydrogens is 691 g/mol. The van der Waals surface area contributed by atoms with E-state index in [4.69, 9.17) is 19.1 Å². The van der Waals surface area contributed by atoms with Gasteiger partial charge in [0.15, 0.2) is 6.10 Å². The molecule has 0 saturated heterocycles. The van der Waals surface area contributed by atoms with Crippen LogP contribution in [0.15, 0.2) is 48.6 Å². The maximum atomic E-state index is 12.6. The van der Waals surface area contributed by atoms with Gasteiger partial charge >= 0.3 is 19.8 Å². The summed E-state index contributed by atoms with van der Waals surface area (Å²) in [5.41, 5.74) is 0. The summed E-state index contributed by atoms with van der Waals surface area (Å²) in [5, 5.41) is 38.4. The Balaban J connectivity index is 4.65. The first-order valence-electron chi connectivity index (χ1n) is 19.2. The Kier molecular flexibility index (Phi) is 32.0. The summed E-state index contributed by atoms with van der Waals surface area (Å²) >= 11 is 0. The van der Waals surface area contributed by atoms with Crippen molar-refractivity contribution in [2.75, 3.05) is 26.4 Å². The van der Waals surface area contributed by atoms with Gasteiger partial charge in [-0.3, -0.25) is 18.6 Å². The molecule has 0 aromatic heterocycles. The second-order valence-corrected chi connectivity index (χ2v) is 14.9. The lowest BCUT2D eigenvalue weighted by molar-refractivity contribution is -0.161. The maximum absolute atomic E-state index is 12.6. The standard InChI is InChI=1S/C39H69O12P/c1-4-5-16-23-34(41)24-18-13-9-7-10-14-19-25-35(42)26-21-28-39(45)51-37(32-50-52(46,47)49-30-36(43)29-40)31-48-38(44)27-20-15-11-6-8-12-17-22-33(2)3/h9-10,13-14,18-19,24-25,33-37,40-43H,4-8,11-12,15-17,20-23,26-32H2,1-3H3,(H,46,47)/b13-9-,14-10-,24-18+,25-19+/t34-,35-,36+,37-/m1/s1. The average molecular weight is 761 g/mol. The summed E-state index contributed by atoms with van der Waals surface area (Å²) in [6, 6.07) is 0. The number of aliphatic hydroxyl groups is 4. The predicted octanol–water partition coefficient (Wildman–Crippen LogP) is 7.18. The monoisotopic (exact) mass is 760 g/mol. The Morgan fingerprint density at radius 1 is 0.673 bits per heavy atom. The minimum atomic E-state index is -4.68. The van der Waals surface area contributed by atoms with Crippen LogP contribution in [0.5, 0.6) is 0 Å². The van der Waals surface area contributed by atoms with Crippen molar-refractivity contribution < 1.29 is 58.0 Å². The number of phosphoric acid groups is 1. The quantitative estimate of drug-likeness (QED) is 0.0193. The maximum Gasteiger partial charge on any atom is 0.472 e. The highest BCUT2D eigenvalue weighted by atomic mass is 31.2. The van der Waals surface area contributed by atoms with Crippen LogP contribution >= 0.6 is 7.82 Å². The van der Waals surface area contributed by atoms with Gasteiger partial charge in [0, 0.05) is 12.8 Å². The van der Waals surface area contributed by atoms with Crippen LogP contribution in [0.1, 0.15) is 130 Å². The fraction of sp³-hybridized carbons (Fsp3) is 0.744. The molecule has 0 aromatic carbocycles. The first kappa shape index (κ1) is 49.9. The van der Waals surface area contributed by atoms with E-state index in [0.717, 1.165) is 50.9 Å². The van der Waals surface area contributed by atoms with Gasteiger partial charge in [0.25, 0.3) is 0 Å². The third-order valence-electron chi connectivity index (χ3n) is 7.87. The molecule has 12 nitrogen and oxygen atoms in total. The molecule has 0 aliphatic rings. The van der Waals surface area contributed by atoms with Crippen molar-refractivity contribution in [1.29, 1.82) is 0 Å². The van der Waals surface area contributed by atoms with Gasteiger partial charge in [0.2, 0.25) is 0 Å². The fourth-order valence-electron chi connectivity index (χ4n) is 4.80. The third kappa shape index (κ3) is 33.7. The van der Waals surface area contributed by atoms with E-state index in [9.17, 15) is 34.4 Å². The number of hydrogen-bond acceptors (Lipinski definition) is 11. The van der Waals surface area contributed by atoms with Gasteiger partial charge in [0.05, 0.1) is 32.0 Å². The highest BCUT2D eigenvalue weighted by Gasteiger charge is 2.27. The van der Waals surface area contributed by atoms with Crippen molar-refractivity contribution in [3.05, 3.63) is 48.6 Å². The van der Waals surface area contributed by atoms with Crippen molar-refractivity contribution in [2.24, 2.45) is 5.92 Å². The molecule has 52 heavy (non-hydrogen) atoms. The summed E-state index contributed by atoms with van der Waals surface area (Å²) in [6.07, 6.45) is 24.7. The highest BCUT2D eigenvalue weighted by Crippen LogP contribution is 2.43. The SMILES string of the molecule is CCCCC[C@@H](O)/C=C/C=C\C/C=C\C=C\[C@@H](O)CCCC(=O)O[C@H](COC(=O)CCCCCCCCCC(C)C)COP(=O)(O)OC[C@@H](O)CO. The number of aliphatic hydroxyl groups excluding tert-OH is 4. The molecule has 0 aromatic rings. The lowest BCUT2D eigenvalue weighted by Crippen LogP contribution is -2.30. The number of unbranched alkanes of at least 4 members (excludes halogenated alkanes) is 8. The molecule has 0 fully saturated rings. The number of rotatable bonds is 34. The van der Waals surface area contributed by atoms with E-state index in [1.54, 1.807) is 24.3 Å². The minimum Gasteiger partial charge on any atom is -0.462 e. The normalized spacial score (nSPS) is 15.9.